The summed E-state index contributed by atoms with van der Waals surface area (Å²) >= 11 is 0. The van der Waals surface area contributed by atoms with Crippen LogP contribution < -0.4 is 15.4 Å². The third kappa shape index (κ3) is 3.93. The van der Waals surface area contributed by atoms with Gasteiger partial charge in [0.15, 0.2) is 17.3 Å². The summed E-state index contributed by atoms with van der Waals surface area (Å²) in [4.78, 5) is 17.9. The van der Waals surface area contributed by atoms with E-state index in [1.165, 1.54) is 25.5 Å². The van der Waals surface area contributed by atoms with E-state index < -0.39 is 5.82 Å². The zero-order valence-electron chi connectivity index (χ0n) is 20.2. The first kappa shape index (κ1) is 22.1. The Kier molecular flexibility index (Phi) is 5.21. The highest BCUT2D eigenvalue weighted by atomic mass is 19.1. The number of ether oxygens (including phenoxy) is 1. The maximum absolute atomic E-state index is 15.5. The number of hydrogen-bond acceptors (Lipinski definition) is 8. The molecule has 3 aliphatic rings. The first-order valence-corrected chi connectivity index (χ1v) is 12.5. The normalized spacial score (nSPS) is 21.0. The quantitative estimate of drug-likeness (QED) is 0.354. The van der Waals surface area contributed by atoms with Gasteiger partial charge < -0.3 is 15.4 Å². The van der Waals surface area contributed by atoms with Gasteiger partial charge in [0.2, 0.25) is 0 Å². The van der Waals surface area contributed by atoms with Crippen molar-refractivity contribution in [1.82, 2.24) is 34.9 Å². The second-order valence-electron chi connectivity index (χ2n) is 9.81. The highest BCUT2D eigenvalue weighted by Gasteiger charge is 2.37. The van der Waals surface area contributed by atoms with E-state index in [4.69, 9.17) is 9.72 Å². The lowest BCUT2D eigenvalue weighted by Gasteiger charge is -2.42. The molecule has 9 nitrogen and oxygen atoms in total. The number of hydrogen-bond donors (Lipinski definition) is 2. The summed E-state index contributed by atoms with van der Waals surface area (Å²) in [6.07, 6.45) is 8.24. The Balaban J connectivity index is 1.18. The molecule has 0 amide bonds. The molecule has 0 unspecified atom stereocenters. The Morgan fingerprint density at radius 1 is 1.08 bits per heavy atom. The largest absolute Gasteiger partial charge is 0.457 e. The highest BCUT2D eigenvalue weighted by Crippen LogP contribution is 2.41. The number of halogens is 1. The highest BCUT2D eigenvalue weighted by molar-refractivity contribution is 5.87. The molecular formula is C27H25FN8O. The molecule has 2 aliphatic heterocycles. The number of rotatable bonds is 5. The molecule has 2 bridgehead atoms. The van der Waals surface area contributed by atoms with E-state index >= 15 is 4.39 Å². The fourth-order valence-corrected chi connectivity index (χ4v) is 5.59. The van der Waals surface area contributed by atoms with Gasteiger partial charge in [-0.3, -0.25) is 0 Å². The van der Waals surface area contributed by atoms with Crippen LogP contribution in [0.4, 0.5) is 15.9 Å². The Labute approximate surface area is 212 Å². The number of aromatic nitrogens is 6. The van der Waals surface area contributed by atoms with Crippen LogP contribution in [-0.2, 0) is 0 Å². The zero-order chi connectivity index (χ0) is 24.9. The lowest BCUT2D eigenvalue weighted by atomic mass is 9.71. The van der Waals surface area contributed by atoms with Crippen LogP contribution >= 0.6 is 0 Å². The van der Waals surface area contributed by atoms with Gasteiger partial charge in [-0.1, -0.05) is 0 Å². The minimum absolute atomic E-state index is 0.297. The van der Waals surface area contributed by atoms with E-state index in [1.54, 1.807) is 41.9 Å². The van der Waals surface area contributed by atoms with Gasteiger partial charge >= 0.3 is 0 Å². The van der Waals surface area contributed by atoms with Crippen molar-refractivity contribution in [2.24, 2.45) is 5.92 Å². The van der Waals surface area contributed by atoms with E-state index in [0.717, 1.165) is 24.2 Å². The van der Waals surface area contributed by atoms with Gasteiger partial charge in [0.05, 0.1) is 11.2 Å². The van der Waals surface area contributed by atoms with Crippen LogP contribution in [0.15, 0.2) is 55.2 Å². The standard InChI is InChI=1S/C27H25FN8O/c1-15-23(37-18-8-9-36-24(11-18)31-14-33-36)7-6-21(25(15)28)35-27-26-22(30-13-32-27)5-4-20(34-26)19-10-17-3-2-16(19)12-29-17/h4-9,11,13-14,16-17,19,29H,2-3,10,12H2,1H3,(H,30,32,35)/t16-,17-,19+/m1/s1. The predicted octanol–water partition coefficient (Wildman–Crippen LogP) is 4.91. The van der Waals surface area contributed by atoms with Crippen molar-refractivity contribution in [3.8, 4) is 11.5 Å². The molecule has 186 valence electrons. The third-order valence-corrected chi connectivity index (χ3v) is 7.62. The van der Waals surface area contributed by atoms with Gasteiger partial charge in [0, 0.05) is 35.5 Å². The number of pyridine rings is 2. The summed E-state index contributed by atoms with van der Waals surface area (Å²) in [5.74, 6) is 2.04. The molecule has 1 saturated carbocycles. The smallest absolute Gasteiger partial charge is 0.160 e. The second kappa shape index (κ2) is 8.74. The van der Waals surface area contributed by atoms with Crippen molar-refractivity contribution in [2.75, 3.05) is 11.9 Å². The Morgan fingerprint density at radius 3 is 2.86 bits per heavy atom. The van der Waals surface area contributed by atoms with Crippen molar-refractivity contribution in [1.29, 1.82) is 0 Å². The second-order valence-corrected chi connectivity index (χ2v) is 9.81. The molecule has 3 fully saturated rings. The molecule has 4 aromatic heterocycles. The number of benzene rings is 1. The number of piperidine rings is 2. The SMILES string of the molecule is Cc1c(Oc2ccn3ncnc3c2)ccc(Nc2ncnc3ccc([C@H]4C[C@H]5CC[C@@H]4CN5)nc23)c1F. The molecule has 5 aromatic rings. The number of fused-ring (bicyclic) bond motifs is 5. The minimum atomic E-state index is -0.417. The average molecular weight is 497 g/mol. The van der Waals surface area contributed by atoms with Gasteiger partial charge in [-0.25, -0.2) is 28.8 Å². The van der Waals surface area contributed by atoms with Crippen LogP contribution in [0.3, 0.4) is 0 Å². The number of nitrogens with zero attached hydrogens (tertiary/aromatic N) is 6. The van der Waals surface area contributed by atoms with Gasteiger partial charge in [-0.05, 0) is 69.0 Å². The molecule has 8 rings (SSSR count). The third-order valence-electron chi connectivity index (χ3n) is 7.62. The molecule has 0 spiro atoms. The van der Waals surface area contributed by atoms with Crippen LogP contribution in [-0.4, -0.2) is 42.1 Å². The molecule has 3 atom stereocenters. The lowest BCUT2D eigenvalue weighted by Crippen LogP contribution is -2.48. The van der Waals surface area contributed by atoms with Crippen molar-refractivity contribution < 1.29 is 9.13 Å². The molecule has 2 N–H and O–H groups in total. The fourth-order valence-electron chi connectivity index (χ4n) is 5.59. The zero-order valence-corrected chi connectivity index (χ0v) is 20.2. The van der Waals surface area contributed by atoms with E-state index in [0.29, 0.717) is 57.6 Å². The van der Waals surface area contributed by atoms with Crippen molar-refractivity contribution in [2.45, 2.75) is 38.1 Å². The maximum Gasteiger partial charge on any atom is 0.160 e. The van der Waals surface area contributed by atoms with Gasteiger partial charge in [-0.2, -0.15) is 5.10 Å². The first-order valence-electron chi connectivity index (χ1n) is 12.5. The van der Waals surface area contributed by atoms with E-state index in [9.17, 15) is 0 Å². The van der Waals surface area contributed by atoms with E-state index in [-0.39, 0.29) is 0 Å². The summed E-state index contributed by atoms with van der Waals surface area (Å²) in [5, 5.41) is 10.8. The lowest BCUT2D eigenvalue weighted by molar-refractivity contribution is 0.178. The van der Waals surface area contributed by atoms with Crippen molar-refractivity contribution in [3.05, 3.63) is 72.3 Å². The average Bonchev–Trinajstić information content (AvgIpc) is 3.41. The summed E-state index contributed by atoms with van der Waals surface area (Å²) in [6, 6.07) is 11.5. The van der Waals surface area contributed by atoms with E-state index in [1.807, 2.05) is 6.07 Å². The summed E-state index contributed by atoms with van der Waals surface area (Å²) in [7, 11) is 0. The fraction of sp³-hybridized carbons (Fsp3) is 0.296. The maximum atomic E-state index is 15.5. The molecular weight excluding hydrogens is 471 g/mol. The molecule has 10 heteroatoms. The Morgan fingerprint density at radius 2 is 2.03 bits per heavy atom. The van der Waals surface area contributed by atoms with Crippen LogP contribution in [0.5, 0.6) is 11.5 Å². The molecule has 37 heavy (non-hydrogen) atoms. The summed E-state index contributed by atoms with van der Waals surface area (Å²) in [5.41, 5.74) is 3.75. The van der Waals surface area contributed by atoms with Crippen molar-refractivity contribution >= 4 is 28.2 Å². The topological polar surface area (TPSA) is 102 Å². The Bertz CT molecular complexity index is 1630. The summed E-state index contributed by atoms with van der Waals surface area (Å²) < 4.78 is 23.1. The van der Waals surface area contributed by atoms with Crippen LogP contribution in [0.1, 0.15) is 36.4 Å². The van der Waals surface area contributed by atoms with E-state index in [2.05, 4.69) is 36.8 Å². The number of anilines is 2. The number of nitrogens with one attached hydrogen (secondary N) is 2. The predicted molar refractivity (Wildman–Crippen MR) is 137 cm³/mol. The van der Waals surface area contributed by atoms with Crippen molar-refractivity contribution in [3.63, 3.8) is 0 Å². The molecule has 6 heterocycles. The first-order chi connectivity index (χ1) is 18.1. The summed E-state index contributed by atoms with van der Waals surface area (Å²) in [6.45, 7) is 2.73. The van der Waals surface area contributed by atoms with Crippen LogP contribution in [0, 0.1) is 18.7 Å². The monoisotopic (exact) mass is 496 g/mol. The van der Waals surface area contributed by atoms with Crippen LogP contribution in [0.25, 0.3) is 16.7 Å². The van der Waals surface area contributed by atoms with Gasteiger partial charge in [-0.15, -0.1) is 0 Å². The van der Waals surface area contributed by atoms with Crippen LogP contribution in [0.2, 0.25) is 0 Å². The van der Waals surface area contributed by atoms with Gasteiger partial charge in [0.1, 0.15) is 29.7 Å². The minimum Gasteiger partial charge on any atom is -0.457 e. The molecule has 1 aliphatic carbocycles. The molecule has 1 aromatic carbocycles. The molecule has 2 saturated heterocycles. The van der Waals surface area contributed by atoms with Gasteiger partial charge in [0.25, 0.3) is 0 Å². The Hall–Kier alpha value is -4.18. The molecule has 0 radical (unpaired) electrons.